The molecule has 3 rings (SSSR count). The summed E-state index contributed by atoms with van der Waals surface area (Å²) in [6.45, 7) is 1.83. The minimum Gasteiger partial charge on any atom is -0.485 e. The van der Waals surface area contributed by atoms with E-state index < -0.39 is 5.97 Å². The van der Waals surface area contributed by atoms with Crippen LogP contribution in [0, 0.1) is 5.92 Å². The van der Waals surface area contributed by atoms with Crippen molar-refractivity contribution >= 4 is 23.4 Å². The van der Waals surface area contributed by atoms with Crippen LogP contribution in [0.4, 0.5) is 0 Å². The predicted octanol–water partition coefficient (Wildman–Crippen LogP) is 4.25. The molecule has 2 heterocycles. The zero-order chi connectivity index (χ0) is 20.1. The minimum atomic E-state index is -0.865. The van der Waals surface area contributed by atoms with Crippen molar-refractivity contribution in [3.05, 3.63) is 52.8 Å². The fourth-order valence-electron chi connectivity index (χ4n) is 3.28. The second-order valence-corrected chi connectivity index (χ2v) is 7.35. The van der Waals surface area contributed by atoms with E-state index in [1.54, 1.807) is 18.3 Å². The number of aliphatic carboxylic acids is 1. The van der Waals surface area contributed by atoms with Crippen molar-refractivity contribution in [3.63, 3.8) is 0 Å². The quantitative estimate of drug-likeness (QED) is 0.775. The molecule has 1 aliphatic heterocycles. The average molecular weight is 404 g/mol. The molecule has 0 aliphatic carbocycles. The number of carbonyl (C=O) groups excluding carboxylic acids is 1. The molecule has 0 amide bonds. The van der Waals surface area contributed by atoms with Gasteiger partial charge in [0.25, 0.3) is 0 Å². The Morgan fingerprint density at radius 1 is 1.39 bits per heavy atom. The van der Waals surface area contributed by atoms with Gasteiger partial charge in [0.15, 0.2) is 5.78 Å². The number of pyridine rings is 1. The zero-order valence-electron chi connectivity index (χ0n) is 15.6. The number of benzene rings is 1. The van der Waals surface area contributed by atoms with E-state index in [9.17, 15) is 9.59 Å². The third-order valence-corrected chi connectivity index (χ3v) is 5.00. The molecule has 1 aliphatic rings. The molecule has 0 radical (unpaired) electrons. The van der Waals surface area contributed by atoms with E-state index in [1.807, 2.05) is 25.1 Å². The van der Waals surface area contributed by atoms with Gasteiger partial charge in [0.1, 0.15) is 24.2 Å². The Balaban J connectivity index is 1.81. The van der Waals surface area contributed by atoms with Gasteiger partial charge in [-0.25, -0.2) is 0 Å². The molecular weight excluding hydrogens is 382 g/mol. The molecule has 0 saturated carbocycles. The summed E-state index contributed by atoms with van der Waals surface area (Å²) in [5.74, 6) is 0.0350. The lowest BCUT2D eigenvalue weighted by Gasteiger charge is -2.23. The third-order valence-electron chi connectivity index (χ3n) is 4.70. The Labute approximate surface area is 168 Å². The number of carboxylic acid groups (broad SMARTS) is 1. The Hall–Kier alpha value is -2.60. The van der Waals surface area contributed by atoms with Crippen molar-refractivity contribution in [1.82, 2.24) is 4.98 Å². The molecule has 0 bridgehead atoms. The number of rotatable bonds is 6. The van der Waals surface area contributed by atoms with Crippen LogP contribution in [0.25, 0.3) is 0 Å². The summed E-state index contributed by atoms with van der Waals surface area (Å²) in [5.41, 5.74) is 1.63. The van der Waals surface area contributed by atoms with Gasteiger partial charge in [-0.2, -0.15) is 0 Å². The van der Waals surface area contributed by atoms with Crippen LogP contribution >= 0.6 is 11.6 Å². The van der Waals surface area contributed by atoms with Crippen molar-refractivity contribution in [2.24, 2.45) is 5.92 Å². The van der Waals surface area contributed by atoms with Crippen molar-refractivity contribution in [3.8, 4) is 11.5 Å². The zero-order valence-corrected chi connectivity index (χ0v) is 16.3. The molecule has 0 saturated heterocycles. The average Bonchev–Trinajstić information content (AvgIpc) is 2.66. The number of nitrogens with zero attached hydrogens (tertiary/aromatic N) is 1. The van der Waals surface area contributed by atoms with Crippen LogP contribution in [0.2, 0.25) is 5.02 Å². The van der Waals surface area contributed by atoms with Gasteiger partial charge in [-0.15, -0.1) is 0 Å². The molecule has 1 unspecified atom stereocenters. The number of fused-ring (bicyclic) bond motifs is 1. The summed E-state index contributed by atoms with van der Waals surface area (Å²) >= 11 is 6.43. The summed E-state index contributed by atoms with van der Waals surface area (Å²) in [6.07, 6.45) is 2.69. The van der Waals surface area contributed by atoms with E-state index in [-0.39, 0.29) is 30.8 Å². The summed E-state index contributed by atoms with van der Waals surface area (Å²) in [7, 11) is 0. The lowest BCUT2D eigenvalue weighted by atomic mass is 9.89. The largest absolute Gasteiger partial charge is 0.485 e. The van der Waals surface area contributed by atoms with Gasteiger partial charge in [0, 0.05) is 25.1 Å². The lowest BCUT2D eigenvalue weighted by Crippen LogP contribution is -2.22. The fraction of sp³-hybridized carbons (Fsp3) is 0.381. The first-order chi connectivity index (χ1) is 13.4. The highest BCUT2D eigenvalue weighted by Crippen LogP contribution is 2.38. The molecule has 6 nitrogen and oxygen atoms in total. The summed E-state index contributed by atoms with van der Waals surface area (Å²) in [6, 6.07) is 9.07. The molecular formula is C21H22ClNO5. The number of hydrogen-bond donors (Lipinski definition) is 1. The molecule has 1 aromatic carbocycles. The number of Topliss-reactive ketones (excluding diaryl/α,β-unsaturated/α-hetero) is 1. The van der Waals surface area contributed by atoms with Gasteiger partial charge < -0.3 is 14.6 Å². The Bertz CT molecular complexity index is 855. The number of carbonyl (C=O) groups is 2. The van der Waals surface area contributed by atoms with Gasteiger partial charge in [0.2, 0.25) is 0 Å². The van der Waals surface area contributed by atoms with Gasteiger partial charge in [0.05, 0.1) is 10.7 Å². The summed E-state index contributed by atoms with van der Waals surface area (Å²) in [4.78, 5) is 27.2. The first kappa shape index (κ1) is 20.1. The van der Waals surface area contributed by atoms with Crippen LogP contribution in [-0.4, -0.2) is 28.4 Å². The maximum atomic E-state index is 12.1. The summed E-state index contributed by atoms with van der Waals surface area (Å²) < 4.78 is 11.6. The number of carboxylic acids is 1. The maximum Gasteiger partial charge on any atom is 0.303 e. The Kier molecular flexibility index (Phi) is 6.52. The van der Waals surface area contributed by atoms with Crippen LogP contribution in [0.1, 0.15) is 43.5 Å². The van der Waals surface area contributed by atoms with Crippen LogP contribution in [0.3, 0.4) is 0 Å². The Morgan fingerprint density at radius 2 is 2.21 bits per heavy atom. The van der Waals surface area contributed by atoms with Crippen LogP contribution in [0.5, 0.6) is 11.5 Å². The molecule has 0 fully saturated rings. The number of halogens is 1. The molecule has 2 atom stereocenters. The van der Waals surface area contributed by atoms with E-state index >= 15 is 0 Å². The minimum absolute atomic E-state index is 0.0324. The van der Waals surface area contributed by atoms with Gasteiger partial charge in [-0.05, 0) is 49.4 Å². The maximum absolute atomic E-state index is 12.1. The second-order valence-electron chi connectivity index (χ2n) is 6.94. The van der Waals surface area contributed by atoms with E-state index in [1.165, 1.54) is 0 Å². The highest BCUT2D eigenvalue weighted by Gasteiger charge is 2.23. The van der Waals surface area contributed by atoms with Crippen molar-refractivity contribution in [1.29, 1.82) is 0 Å². The second kappa shape index (κ2) is 9.06. The lowest BCUT2D eigenvalue weighted by molar-refractivity contribution is -0.137. The molecule has 7 heteroatoms. The molecule has 1 aromatic heterocycles. The van der Waals surface area contributed by atoms with Crippen molar-refractivity contribution in [2.45, 2.75) is 38.7 Å². The van der Waals surface area contributed by atoms with Gasteiger partial charge >= 0.3 is 5.97 Å². The van der Waals surface area contributed by atoms with Gasteiger partial charge in [-0.3, -0.25) is 14.6 Å². The topological polar surface area (TPSA) is 85.7 Å². The van der Waals surface area contributed by atoms with Crippen molar-refractivity contribution in [2.75, 3.05) is 6.61 Å². The standard InChI is InChI=1S/C21H22ClNO5/c1-13(18-4-2-3-7-23-18)28-20-11-19-15(10-17(20)22)8-14(5-6-21(25)26)9-16(24)12-27-19/h2-4,7,10-11,13-14H,5-6,8-9,12H2,1H3,(H,25,26)/t13-,14?/m1/s1. The van der Waals surface area contributed by atoms with E-state index in [2.05, 4.69) is 4.98 Å². The fourth-order valence-corrected chi connectivity index (χ4v) is 3.51. The normalized spacial score (nSPS) is 17.6. The monoisotopic (exact) mass is 403 g/mol. The van der Waals surface area contributed by atoms with E-state index in [0.717, 1.165) is 11.3 Å². The number of ether oxygens (including phenoxy) is 2. The van der Waals surface area contributed by atoms with Gasteiger partial charge in [-0.1, -0.05) is 17.7 Å². The SMILES string of the molecule is C[C@@H](Oc1cc2c(cc1Cl)CC(CCC(=O)O)CC(=O)CO2)c1ccccn1. The van der Waals surface area contributed by atoms with E-state index in [0.29, 0.717) is 35.8 Å². The molecule has 148 valence electrons. The van der Waals surface area contributed by atoms with Crippen LogP contribution in [0.15, 0.2) is 36.5 Å². The number of ketones is 1. The Morgan fingerprint density at radius 3 is 2.93 bits per heavy atom. The first-order valence-electron chi connectivity index (χ1n) is 9.18. The van der Waals surface area contributed by atoms with Crippen LogP contribution < -0.4 is 9.47 Å². The molecule has 2 aromatic rings. The predicted molar refractivity (Wildman–Crippen MR) is 104 cm³/mol. The number of hydrogen-bond acceptors (Lipinski definition) is 5. The summed E-state index contributed by atoms with van der Waals surface area (Å²) in [5, 5.41) is 9.38. The highest BCUT2D eigenvalue weighted by atomic mass is 35.5. The van der Waals surface area contributed by atoms with E-state index in [4.69, 9.17) is 26.2 Å². The smallest absolute Gasteiger partial charge is 0.303 e. The first-order valence-corrected chi connectivity index (χ1v) is 9.56. The van der Waals surface area contributed by atoms with Crippen molar-refractivity contribution < 1.29 is 24.2 Å². The number of aromatic nitrogens is 1. The third kappa shape index (κ3) is 5.23. The molecule has 1 N–H and O–H groups in total. The van der Waals surface area contributed by atoms with Crippen LogP contribution in [-0.2, 0) is 16.0 Å². The highest BCUT2D eigenvalue weighted by molar-refractivity contribution is 6.32. The molecule has 28 heavy (non-hydrogen) atoms. The molecule has 0 spiro atoms.